The van der Waals surface area contributed by atoms with Gasteiger partial charge in [0.15, 0.2) is 0 Å². The SMILES string of the molecule is CC(C)(C)OC(=O)NC(Cc1ccccc1)C(=O)N1CCCC(c2nccs2)C1. The van der Waals surface area contributed by atoms with Gasteiger partial charge in [0.2, 0.25) is 5.91 Å². The number of nitrogens with zero attached hydrogens (tertiary/aromatic N) is 2. The average molecular weight is 416 g/mol. The van der Waals surface area contributed by atoms with Gasteiger partial charge in [-0.05, 0) is 39.2 Å². The number of piperidine rings is 1. The van der Waals surface area contributed by atoms with Crippen LogP contribution in [-0.4, -0.2) is 46.6 Å². The minimum Gasteiger partial charge on any atom is -0.444 e. The third-order valence-electron chi connectivity index (χ3n) is 4.81. The number of aromatic nitrogens is 1. The third kappa shape index (κ3) is 6.29. The van der Waals surface area contributed by atoms with Crippen LogP contribution in [0.25, 0.3) is 0 Å². The summed E-state index contributed by atoms with van der Waals surface area (Å²) in [6, 6.07) is 9.07. The van der Waals surface area contributed by atoms with Gasteiger partial charge >= 0.3 is 6.09 Å². The Morgan fingerprint density at radius 3 is 2.72 bits per heavy atom. The van der Waals surface area contributed by atoms with Gasteiger partial charge in [-0.25, -0.2) is 9.78 Å². The van der Waals surface area contributed by atoms with E-state index < -0.39 is 17.7 Å². The highest BCUT2D eigenvalue weighted by Gasteiger charge is 2.32. The summed E-state index contributed by atoms with van der Waals surface area (Å²) < 4.78 is 5.39. The van der Waals surface area contributed by atoms with Gasteiger partial charge in [-0.3, -0.25) is 4.79 Å². The Morgan fingerprint density at radius 2 is 2.07 bits per heavy atom. The molecule has 1 aromatic heterocycles. The molecule has 3 rings (SSSR count). The van der Waals surface area contributed by atoms with Gasteiger partial charge in [-0.2, -0.15) is 0 Å². The molecule has 6 nitrogen and oxygen atoms in total. The van der Waals surface area contributed by atoms with Crippen LogP contribution in [0.1, 0.15) is 50.1 Å². The van der Waals surface area contributed by atoms with E-state index in [0.717, 1.165) is 23.4 Å². The molecule has 1 aliphatic heterocycles. The zero-order chi connectivity index (χ0) is 20.9. The van der Waals surface area contributed by atoms with Crippen molar-refractivity contribution in [2.45, 2.75) is 57.6 Å². The maximum absolute atomic E-state index is 13.4. The van der Waals surface area contributed by atoms with E-state index in [1.54, 1.807) is 11.3 Å². The second kappa shape index (κ2) is 9.39. The summed E-state index contributed by atoms with van der Waals surface area (Å²) in [6.07, 6.45) is 3.63. The van der Waals surface area contributed by atoms with Crippen molar-refractivity contribution in [3.05, 3.63) is 52.5 Å². The number of hydrogen-bond acceptors (Lipinski definition) is 5. The average Bonchev–Trinajstić information content (AvgIpc) is 3.21. The number of benzene rings is 1. The number of thiazole rings is 1. The standard InChI is InChI=1S/C22H29N3O3S/c1-22(2,3)28-21(27)24-18(14-16-8-5-4-6-9-16)20(26)25-12-7-10-17(15-25)19-23-11-13-29-19/h4-6,8-9,11,13,17-18H,7,10,12,14-15H2,1-3H3,(H,24,27). The van der Waals surface area contributed by atoms with E-state index in [2.05, 4.69) is 10.3 Å². The van der Waals surface area contributed by atoms with Crippen molar-refractivity contribution in [2.24, 2.45) is 0 Å². The lowest BCUT2D eigenvalue weighted by Gasteiger charge is -2.34. The highest BCUT2D eigenvalue weighted by molar-refractivity contribution is 7.09. The molecule has 0 spiro atoms. The van der Waals surface area contributed by atoms with Crippen molar-refractivity contribution >= 4 is 23.3 Å². The molecule has 0 saturated carbocycles. The van der Waals surface area contributed by atoms with E-state index in [1.165, 1.54) is 0 Å². The monoisotopic (exact) mass is 415 g/mol. The van der Waals surface area contributed by atoms with Crippen molar-refractivity contribution < 1.29 is 14.3 Å². The Hall–Kier alpha value is -2.41. The van der Waals surface area contributed by atoms with E-state index in [9.17, 15) is 9.59 Å². The van der Waals surface area contributed by atoms with E-state index in [1.807, 2.05) is 67.6 Å². The predicted octanol–water partition coefficient (Wildman–Crippen LogP) is 3.99. The van der Waals surface area contributed by atoms with Gasteiger partial charge in [0, 0.05) is 37.0 Å². The molecule has 1 N–H and O–H groups in total. The van der Waals surface area contributed by atoms with Crippen molar-refractivity contribution in [2.75, 3.05) is 13.1 Å². The molecule has 2 heterocycles. The van der Waals surface area contributed by atoms with Crippen molar-refractivity contribution in [3.63, 3.8) is 0 Å². The summed E-state index contributed by atoms with van der Waals surface area (Å²) in [5.74, 6) is 0.188. The van der Waals surface area contributed by atoms with Crippen LogP contribution in [0.3, 0.4) is 0 Å². The summed E-state index contributed by atoms with van der Waals surface area (Å²) in [7, 11) is 0. The smallest absolute Gasteiger partial charge is 0.408 e. The Labute approximate surface area is 176 Å². The molecule has 1 saturated heterocycles. The first-order valence-corrected chi connectivity index (χ1v) is 10.9. The molecule has 156 valence electrons. The maximum atomic E-state index is 13.4. The van der Waals surface area contributed by atoms with Crippen LogP contribution in [0.5, 0.6) is 0 Å². The Morgan fingerprint density at radius 1 is 1.31 bits per heavy atom. The summed E-state index contributed by atoms with van der Waals surface area (Å²) in [6.45, 7) is 6.76. The van der Waals surface area contributed by atoms with Gasteiger partial charge in [-0.15, -0.1) is 11.3 Å². The van der Waals surface area contributed by atoms with Gasteiger partial charge < -0.3 is 15.0 Å². The largest absolute Gasteiger partial charge is 0.444 e. The molecule has 2 amide bonds. The van der Waals surface area contributed by atoms with Crippen LogP contribution in [0.15, 0.2) is 41.9 Å². The first-order chi connectivity index (χ1) is 13.8. The molecule has 0 aliphatic carbocycles. The molecule has 0 bridgehead atoms. The highest BCUT2D eigenvalue weighted by atomic mass is 32.1. The molecule has 29 heavy (non-hydrogen) atoms. The number of nitrogens with one attached hydrogen (secondary N) is 1. The molecule has 1 fully saturated rings. The van der Waals surface area contributed by atoms with Gasteiger partial charge in [0.1, 0.15) is 11.6 Å². The minimum atomic E-state index is -0.665. The molecule has 0 radical (unpaired) electrons. The first-order valence-electron chi connectivity index (χ1n) is 10.0. The lowest BCUT2D eigenvalue weighted by molar-refractivity contribution is -0.134. The minimum absolute atomic E-state index is 0.0685. The van der Waals surface area contributed by atoms with Crippen LogP contribution in [-0.2, 0) is 16.0 Å². The maximum Gasteiger partial charge on any atom is 0.408 e. The lowest BCUT2D eigenvalue weighted by Crippen LogP contribution is -2.52. The summed E-state index contributed by atoms with van der Waals surface area (Å²) in [5, 5.41) is 5.85. The first kappa shape index (κ1) is 21.3. The van der Waals surface area contributed by atoms with Crippen molar-refractivity contribution in [3.8, 4) is 0 Å². The topological polar surface area (TPSA) is 71.5 Å². The van der Waals surface area contributed by atoms with E-state index in [-0.39, 0.29) is 11.8 Å². The molecule has 2 atom stereocenters. The summed E-state index contributed by atoms with van der Waals surface area (Å²) in [5.41, 5.74) is 0.376. The van der Waals surface area contributed by atoms with Crippen molar-refractivity contribution in [1.29, 1.82) is 0 Å². The van der Waals surface area contributed by atoms with E-state index in [4.69, 9.17) is 4.74 Å². The quantitative estimate of drug-likeness (QED) is 0.802. The highest BCUT2D eigenvalue weighted by Crippen LogP contribution is 2.28. The molecule has 2 aromatic rings. The van der Waals surface area contributed by atoms with Crippen LogP contribution in [0.2, 0.25) is 0 Å². The Bertz CT molecular complexity index is 802. The van der Waals surface area contributed by atoms with Crippen molar-refractivity contribution in [1.82, 2.24) is 15.2 Å². The van der Waals surface area contributed by atoms with E-state index >= 15 is 0 Å². The van der Waals surface area contributed by atoms with Gasteiger partial charge in [-0.1, -0.05) is 30.3 Å². The second-order valence-electron chi connectivity index (χ2n) is 8.38. The summed E-state index contributed by atoms with van der Waals surface area (Å²) in [4.78, 5) is 32.0. The number of carbonyl (C=O) groups excluding carboxylic acids is 2. The molecule has 1 aliphatic rings. The lowest BCUT2D eigenvalue weighted by atomic mass is 9.97. The third-order valence-corrected chi connectivity index (χ3v) is 5.74. The number of alkyl carbamates (subject to hydrolysis) is 1. The Balaban J connectivity index is 1.73. The van der Waals surface area contributed by atoms with Crippen LogP contribution in [0, 0.1) is 0 Å². The molecular formula is C22H29N3O3S. The number of carbonyl (C=O) groups is 2. The fourth-order valence-electron chi connectivity index (χ4n) is 3.54. The van der Waals surface area contributed by atoms with E-state index in [0.29, 0.717) is 19.5 Å². The van der Waals surface area contributed by atoms with Gasteiger partial charge in [0.25, 0.3) is 0 Å². The summed E-state index contributed by atoms with van der Waals surface area (Å²) >= 11 is 1.63. The fraction of sp³-hybridized carbons (Fsp3) is 0.500. The zero-order valence-corrected chi connectivity index (χ0v) is 18.1. The number of rotatable bonds is 5. The predicted molar refractivity (Wildman–Crippen MR) is 114 cm³/mol. The number of ether oxygens (including phenoxy) is 1. The normalized spacial score (nSPS) is 18.2. The van der Waals surface area contributed by atoms with Crippen LogP contribution < -0.4 is 5.32 Å². The Kier molecular flexibility index (Phi) is 6.90. The number of hydrogen-bond donors (Lipinski definition) is 1. The molecule has 2 unspecified atom stereocenters. The number of likely N-dealkylation sites (tertiary alicyclic amines) is 1. The second-order valence-corrected chi connectivity index (χ2v) is 9.31. The van der Waals surface area contributed by atoms with Crippen LogP contribution >= 0.6 is 11.3 Å². The zero-order valence-electron chi connectivity index (χ0n) is 17.3. The fourth-order valence-corrected chi connectivity index (χ4v) is 4.30. The molecule has 1 aromatic carbocycles. The number of amides is 2. The molecular weight excluding hydrogens is 386 g/mol. The molecule has 7 heteroatoms. The van der Waals surface area contributed by atoms with Gasteiger partial charge in [0.05, 0.1) is 5.01 Å². The van der Waals surface area contributed by atoms with Crippen LogP contribution in [0.4, 0.5) is 4.79 Å².